The molecule has 1 fully saturated rings. The van der Waals surface area contributed by atoms with Crippen molar-refractivity contribution in [2.75, 3.05) is 20.1 Å². The van der Waals surface area contributed by atoms with Gasteiger partial charge < -0.3 is 10.0 Å². The Hall–Kier alpha value is -1.44. The molecule has 7 heteroatoms. The summed E-state index contributed by atoms with van der Waals surface area (Å²) in [6.45, 7) is 3.29. The molecule has 0 aromatic heterocycles. The van der Waals surface area contributed by atoms with Crippen molar-refractivity contribution < 1.29 is 18.3 Å². The van der Waals surface area contributed by atoms with Crippen LogP contribution in [0.5, 0.6) is 0 Å². The summed E-state index contributed by atoms with van der Waals surface area (Å²) in [6, 6.07) is 4.00. The number of piperidine rings is 1. The minimum absolute atomic E-state index is 0.0262. The first-order chi connectivity index (χ1) is 9.79. The smallest absolute Gasteiger partial charge is 0.335 e. The van der Waals surface area contributed by atoms with Crippen LogP contribution in [0.3, 0.4) is 0 Å². The average molecular weight is 312 g/mol. The molecule has 1 aromatic carbocycles. The third kappa shape index (κ3) is 3.81. The van der Waals surface area contributed by atoms with Crippen molar-refractivity contribution in [3.63, 3.8) is 0 Å². The third-order valence-electron chi connectivity index (χ3n) is 3.67. The first-order valence-corrected chi connectivity index (χ1v) is 8.33. The van der Waals surface area contributed by atoms with E-state index in [1.165, 1.54) is 18.2 Å². The number of carbonyl (C=O) groups is 1. The molecule has 6 nitrogen and oxygen atoms in total. The standard InChI is InChI=1S/C14H20N2O4S/c1-10-5-6-11(14(17)18)8-13(10)21(19,20)15-12-4-3-7-16(2)9-12/h5-6,8,12,15H,3-4,7,9H2,1-2H3,(H,17,18). The molecule has 0 saturated carbocycles. The highest BCUT2D eigenvalue weighted by Crippen LogP contribution is 2.19. The predicted molar refractivity (Wildman–Crippen MR) is 79.0 cm³/mol. The highest BCUT2D eigenvalue weighted by atomic mass is 32.2. The number of sulfonamides is 1. The van der Waals surface area contributed by atoms with Gasteiger partial charge in [-0.15, -0.1) is 0 Å². The molecule has 1 atom stereocenters. The number of hydrogen-bond donors (Lipinski definition) is 2. The molecule has 1 unspecified atom stereocenters. The van der Waals surface area contributed by atoms with Gasteiger partial charge in [-0.25, -0.2) is 17.9 Å². The molecule has 1 aliphatic heterocycles. The molecule has 2 rings (SSSR count). The van der Waals surface area contributed by atoms with Crippen LogP contribution in [0, 0.1) is 6.92 Å². The summed E-state index contributed by atoms with van der Waals surface area (Å²) in [7, 11) is -1.75. The fourth-order valence-corrected chi connectivity index (χ4v) is 4.10. The van der Waals surface area contributed by atoms with Crippen LogP contribution >= 0.6 is 0 Å². The Labute approximate surface area is 124 Å². The van der Waals surface area contributed by atoms with Crippen LogP contribution in [0.1, 0.15) is 28.8 Å². The maximum absolute atomic E-state index is 12.5. The first-order valence-electron chi connectivity index (χ1n) is 6.84. The van der Waals surface area contributed by atoms with Gasteiger partial charge in [-0.1, -0.05) is 6.07 Å². The number of rotatable bonds is 4. The molecule has 1 aliphatic rings. The Morgan fingerprint density at radius 1 is 1.43 bits per heavy atom. The summed E-state index contributed by atoms with van der Waals surface area (Å²) in [4.78, 5) is 13.1. The van der Waals surface area contributed by atoms with Crippen LogP contribution in [0.15, 0.2) is 23.1 Å². The average Bonchev–Trinajstić information content (AvgIpc) is 2.38. The lowest BCUT2D eigenvalue weighted by Gasteiger charge is -2.30. The van der Waals surface area contributed by atoms with E-state index in [2.05, 4.69) is 9.62 Å². The zero-order valence-corrected chi connectivity index (χ0v) is 13.0. The lowest BCUT2D eigenvalue weighted by Crippen LogP contribution is -2.46. The maximum Gasteiger partial charge on any atom is 0.335 e. The molecule has 1 heterocycles. The van der Waals surface area contributed by atoms with Gasteiger partial charge in [-0.3, -0.25) is 0 Å². The van der Waals surface area contributed by atoms with Crippen molar-refractivity contribution in [2.24, 2.45) is 0 Å². The van der Waals surface area contributed by atoms with Crippen molar-refractivity contribution >= 4 is 16.0 Å². The van der Waals surface area contributed by atoms with E-state index < -0.39 is 16.0 Å². The van der Waals surface area contributed by atoms with E-state index in [1.807, 2.05) is 7.05 Å². The van der Waals surface area contributed by atoms with E-state index >= 15 is 0 Å². The second-order valence-corrected chi connectivity index (χ2v) is 7.19. The van der Waals surface area contributed by atoms with E-state index in [1.54, 1.807) is 6.92 Å². The molecule has 21 heavy (non-hydrogen) atoms. The zero-order valence-electron chi connectivity index (χ0n) is 12.2. The number of hydrogen-bond acceptors (Lipinski definition) is 4. The van der Waals surface area contributed by atoms with Crippen LogP contribution < -0.4 is 4.72 Å². The van der Waals surface area contributed by atoms with E-state index in [0.29, 0.717) is 12.1 Å². The van der Waals surface area contributed by atoms with Crippen LogP contribution in [-0.4, -0.2) is 50.6 Å². The molecule has 0 spiro atoms. The number of carboxylic acid groups (broad SMARTS) is 1. The van der Waals surface area contributed by atoms with Gasteiger partial charge in [0.05, 0.1) is 10.5 Å². The van der Waals surface area contributed by atoms with Crippen molar-refractivity contribution in [3.8, 4) is 0 Å². The molecule has 0 aliphatic carbocycles. The molecule has 0 amide bonds. The van der Waals surface area contributed by atoms with E-state index in [-0.39, 0.29) is 16.5 Å². The minimum atomic E-state index is -3.71. The molecule has 2 N–H and O–H groups in total. The first kappa shape index (κ1) is 15.9. The van der Waals surface area contributed by atoms with Gasteiger partial charge in [0.25, 0.3) is 0 Å². The topological polar surface area (TPSA) is 86.7 Å². The zero-order chi connectivity index (χ0) is 15.6. The second-order valence-electron chi connectivity index (χ2n) is 5.51. The Bertz CT molecular complexity index is 642. The molecule has 116 valence electrons. The molecular formula is C14H20N2O4S. The summed E-state index contributed by atoms with van der Waals surface area (Å²) >= 11 is 0. The number of likely N-dealkylation sites (N-methyl/N-ethyl adjacent to an activating group) is 1. The number of likely N-dealkylation sites (tertiary alicyclic amines) is 1. The summed E-state index contributed by atoms with van der Waals surface area (Å²) < 4.78 is 27.6. The Morgan fingerprint density at radius 3 is 2.76 bits per heavy atom. The molecule has 0 radical (unpaired) electrons. The Balaban J connectivity index is 2.26. The molecule has 1 saturated heterocycles. The number of aryl methyl sites for hydroxylation is 1. The van der Waals surface area contributed by atoms with Crippen LogP contribution in [-0.2, 0) is 10.0 Å². The van der Waals surface area contributed by atoms with Gasteiger partial charge in [0, 0.05) is 12.6 Å². The molecule has 1 aromatic rings. The third-order valence-corrected chi connectivity index (χ3v) is 5.33. The van der Waals surface area contributed by atoms with E-state index in [4.69, 9.17) is 5.11 Å². The summed E-state index contributed by atoms with van der Waals surface area (Å²) in [5.41, 5.74) is 0.512. The van der Waals surface area contributed by atoms with E-state index in [0.717, 1.165) is 19.4 Å². The normalized spacial score (nSPS) is 20.4. The maximum atomic E-state index is 12.5. The molecule has 0 bridgehead atoms. The number of nitrogens with one attached hydrogen (secondary N) is 1. The minimum Gasteiger partial charge on any atom is -0.478 e. The van der Waals surface area contributed by atoms with Gasteiger partial charge in [0.15, 0.2) is 0 Å². The number of carboxylic acids is 1. The highest BCUT2D eigenvalue weighted by molar-refractivity contribution is 7.89. The summed E-state index contributed by atoms with van der Waals surface area (Å²) in [6.07, 6.45) is 1.74. The Kier molecular flexibility index (Phi) is 4.65. The summed E-state index contributed by atoms with van der Waals surface area (Å²) in [5, 5.41) is 9.00. The highest BCUT2D eigenvalue weighted by Gasteiger charge is 2.25. The van der Waals surface area contributed by atoms with Gasteiger partial charge in [0.1, 0.15) is 0 Å². The lowest BCUT2D eigenvalue weighted by atomic mass is 10.1. The van der Waals surface area contributed by atoms with Gasteiger partial charge in [0.2, 0.25) is 10.0 Å². The molecular weight excluding hydrogens is 292 g/mol. The predicted octanol–water partition coefficient (Wildman–Crippen LogP) is 1.07. The van der Waals surface area contributed by atoms with Crippen LogP contribution in [0.2, 0.25) is 0 Å². The van der Waals surface area contributed by atoms with E-state index in [9.17, 15) is 13.2 Å². The van der Waals surface area contributed by atoms with Gasteiger partial charge in [-0.2, -0.15) is 0 Å². The number of nitrogens with zero attached hydrogens (tertiary/aromatic N) is 1. The van der Waals surface area contributed by atoms with Crippen LogP contribution in [0.4, 0.5) is 0 Å². The Morgan fingerprint density at radius 2 is 2.14 bits per heavy atom. The number of benzene rings is 1. The van der Waals surface area contributed by atoms with Crippen molar-refractivity contribution in [2.45, 2.75) is 30.7 Å². The number of aromatic carboxylic acids is 1. The quantitative estimate of drug-likeness (QED) is 0.868. The SMILES string of the molecule is Cc1ccc(C(=O)O)cc1S(=O)(=O)NC1CCCN(C)C1. The van der Waals surface area contributed by atoms with Gasteiger partial charge in [-0.05, 0) is 51.1 Å². The van der Waals surface area contributed by atoms with Crippen molar-refractivity contribution in [1.82, 2.24) is 9.62 Å². The van der Waals surface area contributed by atoms with Crippen LogP contribution in [0.25, 0.3) is 0 Å². The van der Waals surface area contributed by atoms with Gasteiger partial charge >= 0.3 is 5.97 Å². The fraction of sp³-hybridized carbons (Fsp3) is 0.500. The van der Waals surface area contributed by atoms with Crippen molar-refractivity contribution in [3.05, 3.63) is 29.3 Å². The lowest BCUT2D eigenvalue weighted by molar-refractivity contribution is 0.0696. The second kappa shape index (κ2) is 6.13. The fourth-order valence-electron chi connectivity index (χ4n) is 2.57. The van der Waals surface area contributed by atoms with Crippen molar-refractivity contribution in [1.29, 1.82) is 0 Å². The summed E-state index contributed by atoms with van der Waals surface area (Å²) in [5.74, 6) is -1.14. The largest absolute Gasteiger partial charge is 0.478 e. The monoisotopic (exact) mass is 312 g/mol.